The van der Waals surface area contributed by atoms with Crippen molar-refractivity contribution < 1.29 is 9.05 Å². The van der Waals surface area contributed by atoms with Crippen LogP contribution in [-0.4, -0.2) is 0 Å². The Bertz CT molecular complexity index is 1660. The van der Waals surface area contributed by atoms with Crippen LogP contribution in [0.1, 0.15) is 34.5 Å². The van der Waals surface area contributed by atoms with E-state index in [2.05, 4.69) is 170 Å². The molecule has 6 aromatic rings. The van der Waals surface area contributed by atoms with Gasteiger partial charge in [0.05, 0.1) is 28.5 Å². The van der Waals surface area contributed by atoms with Crippen LogP contribution in [0.2, 0.25) is 0 Å². The summed E-state index contributed by atoms with van der Waals surface area (Å²) in [6.45, 7) is 0. The van der Waals surface area contributed by atoms with Gasteiger partial charge in [-0.25, -0.2) is 0 Å². The van der Waals surface area contributed by atoms with Crippen LogP contribution in [0.15, 0.2) is 170 Å². The summed E-state index contributed by atoms with van der Waals surface area (Å²) in [6.07, 6.45) is 1.54. The summed E-state index contributed by atoms with van der Waals surface area (Å²) in [5, 5.41) is 4.90. The molecular formula is C41H34O2P2. The molecule has 0 bridgehead atoms. The topological polar surface area (TPSA) is 18.5 Å². The molecule has 0 amide bonds. The van der Waals surface area contributed by atoms with Gasteiger partial charge >= 0.3 is 0 Å². The van der Waals surface area contributed by atoms with E-state index in [-0.39, 0.29) is 17.6 Å². The normalized spacial score (nSPS) is 17.9. The summed E-state index contributed by atoms with van der Waals surface area (Å²) in [5.74, 6) is 0. The SMILES string of the molecule is c1ccc(P(O[C@@H]2c3ccccc3CC23Cc2ccccc2[C@H]3OP(c2ccccc2)c2ccccc2)c2ccccc2)cc1. The van der Waals surface area contributed by atoms with E-state index in [0.717, 1.165) is 12.8 Å². The molecule has 0 saturated carbocycles. The van der Waals surface area contributed by atoms with Gasteiger partial charge in [0.1, 0.15) is 0 Å². The van der Waals surface area contributed by atoms with E-state index in [1.165, 1.54) is 43.5 Å². The van der Waals surface area contributed by atoms with Crippen LogP contribution in [0.25, 0.3) is 0 Å². The van der Waals surface area contributed by atoms with Crippen molar-refractivity contribution >= 4 is 37.5 Å². The Balaban J connectivity index is 1.28. The maximum Gasteiger partial charge on any atom is 0.0970 e. The van der Waals surface area contributed by atoms with Crippen LogP contribution in [0.5, 0.6) is 0 Å². The van der Waals surface area contributed by atoms with Gasteiger partial charge in [-0.3, -0.25) is 0 Å². The molecule has 45 heavy (non-hydrogen) atoms. The first-order valence-corrected chi connectivity index (χ1v) is 18.1. The summed E-state index contributed by atoms with van der Waals surface area (Å²) < 4.78 is 15.2. The van der Waals surface area contributed by atoms with E-state index < -0.39 is 16.3 Å². The Morgan fingerprint density at radius 2 is 0.667 bits per heavy atom. The second kappa shape index (κ2) is 12.5. The molecule has 220 valence electrons. The van der Waals surface area contributed by atoms with Crippen LogP contribution < -0.4 is 21.2 Å². The smallest absolute Gasteiger partial charge is 0.0970 e. The van der Waals surface area contributed by atoms with Crippen molar-refractivity contribution in [3.8, 4) is 0 Å². The third kappa shape index (κ3) is 5.37. The zero-order chi connectivity index (χ0) is 30.1. The quantitative estimate of drug-likeness (QED) is 0.159. The number of hydrogen-bond donors (Lipinski definition) is 0. The lowest BCUT2D eigenvalue weighted by Gasteiger charge is -2.40. The van der Waals surface area contributed by atoms with E-state index in [0.29, 0.717) is 0 Å². The van der Waals surface area contributed by atoms with Crippen molar-refractivity contribution in [1.29, 1.82) is 0 Å². The van der Waals surface area contributed by atoms with E-state index >= 15 is 0 Å². The molecular weight excluding hydrogens is 586 g/mol. The van der Waals surface area contributed by atoms with Crippen LogP contribution in [0.3, 0.4) is 0 Å². The van der Waals surface area contributed by atoms with Crippen LogP contribution in [-0.2, 0) is 21.9 Å². The fraction of sp³-hybridized carbons (Fsp3) is 0.122. The molecule has 8 rings (SSSR count). The van der Waals surface area contributed by atoms with Gasteiger partial charge in [0.2, 0.25) is 0 Å². The zero-order valence-corrected chi connectivity index (χ0v) is 26.7. The van der Waals surface area contributed by atoms with E-state index in [1.807, 2.05) is 0 Å². The number of benzene rings is 6. The average molecular weight is 621 g/mol. The first-order valence-electron chi connectivity index (χ1n) is 15.6. The maximum atomic E-state index is 7.59. The lowest BCUT2D eigenvalue weighted by Crippen LogP contribution is -2.35. The highest BCUT2D eigenvalue weighted by Crippen LogP contribution is 2.66. The fourth-order valence-corrected chi connectivity index (χ4v) is 11.1. The van der Waals surface area contributed by atoms with Crippen molar-refractivity contribution in [1.82, 2.24) is 0 Å². The molecule has 2 aliphatic rings. The minimum absolute atomic E-state index is 0.138. The molecule has 0 fully saturated rings. The fourth-order valence-electron chi connectivity index (χ4n) is 7.13. The summed E-state index contributed by atoms with van der Waals surface area (Å²) in [7, 11) is -2.16. The van der Waals surface area contributed by atoms with E-state index in [4.69, 9.17) is 9.05 Å². The standard InChI is InChI=1S/C41H34O2P2/c1-5-19-33(20-6-1)44(34-21-7-2-8-22-34)42-39-37-27-15-13-17-31(37)29-41(39)30-32-18-14-16-28-38(32)40(41)43-45(35-23-9-3-10-24-35)36-25-11-4-12-26-36/h1-28,39-40H,29-30H2/t39-,40-,41?/m1/s1. The summed E-state index contributed by atoms with van der Waals surface area (Å²) in [5.41, 5.74) is 5.03. The molecule has 0 saturated heterocycles. The largest absolute Gasteiger partial charge is 0.341 e. The van der Waals surface area contributed by atoms with E-state index in [1.54, 1.807) is 0 Å². The minimum Gasteiger partial charge on any atom is -0.341 e. The molecule has 2 aliphatic carbocycles. The highest BCUT2D eigenvalue weighted by atomic mass is 31.1. The van der Waals surface area contributed by atoms with Gasteiger partial charge in [0.15, 0.2) is 0 Å². The van der Waals surface area contributed by atoms with Crippen LogP contribution >= 0.6 is 16.3 Å². The monoisotopic (exact) mass is 620 g/mol. The van der Waals surface area contributed by atoms with E-state index in [9.17, 15) is 0 Å². The predicted octanol–water partition coefficient (Wildman–Crippen LogP) is 8.70. The molecule has 0 aliphatic heterocycles. The van der Waals surface area contributed by atoms with Crippen LogP contribution in [0, 0.1) is 5.41 Å². The highest BCUT2D eigenvalue weighted by Gasteiger charge is 2.58. The third-order valence-corrected chi connectivity index (χ3v) is 13.1. The Labute approximate surface area is 268 Å². The molecule has 0 unspecified atom stereocenters. The van der Waals surface area contributed by atoms with Gasteiger partial charge in [-0.05, 0) is 35.1 Å². The Morgan fingerprint density at radius 3 is 1.00 bits per heavy atom. The molecule has 0 aromatic heterocycles. The van der Waals surface area contributed by atoms with Gasteiger partial charge in [0.25, 0.3) is 0 Å². The molecule has 6 aromatic carbocycles. The van der Waals surface area contributed by atoms with Crippen molar-refractivity contribution in [2.75, 3.05) is 0 Å². The zero-order valence-electron chi connectivity index (χ0n) is 24.9. The van der Waals surface area contributed by atoms with Crippen molar-refractivity contribution in [3.05, 3.63) is 192 Å². The third-order valence-electron chi connectivity index (χ3n) is 9.14. The Kier molecular flexibility index (Phi) is 7.92. The number of fused-ring (bicyclic) bond motifs is 2. The van der Waals surface area contributed by atoms with Crippen molar-refractivity contribution in [2.45, 2.75) is 25.0 Å². The van der Waals surface area contributed by atoms with Gasteiger partial charge in [0, 0.05) is 26.6 Å². The number of rotatable bonds is 8. The molecule has 4 heteroatoms. The first kappa shape index (κ1) is 28.6. The molecule has 2 atom stereocenters. The molecule has 1 spiro atoms. The van der Waals surface area contributed by atoms with Gasteiger partial charge < -0.3 is 9.05 Å². The molecule has 0 heterocycles. The summed E-state index contributed by atoms with van der Waals surface area (Å²) >= 11 is 0. The lowest BCUT2D eigenvalue weighted by atomic mass is 9.77. The predicted molar refractivity (Wildman–Crippen MR) is 189 cm³/mol. The molecule has 2 nitrogen and oxygen atoms in total. The maximum absolute atomic E-state index is 7.59. The van der Waals surface area contributed by atoms with Gasteiger partial charge in [-0.1, -0.05) is 170 Å². The molecule has 0 N–H and O–H groups in total. The molecule has 0 radical (unpaired) electrons. The first-order chi connectivity index (χ1) is 22.3. The second-order valence-corrected chi connectivity index (χ2v) is 15.6. The number of hydrogen-bond acceptors (Lipinski definition) is 2. The van der Waals surface area contributed by atoms with Gasteiger partial charge in [-0.15, -0.1) is 0 Å². The van der Waals surface area contributed by atoms with Gasteiger partial charge in [-0.2, -0.15) is 0 Å². The summed E-state index contributed by atoms with van der Waals surface area (Å²) in [6, 6.07) is 60.9. The van der Waals surface area contributed by atoms with Crippen molar-refractivity contribution in [3.63, 3.8) is 0 Å². The van der Waals surface area contributed by atoms with Crippen molar-refractivity contribution in [2.24, 2.45) is 5.41 Å². The summed E-state index contributed by atoms with van der Waals surface area (Å²) in [4.78, 5) is 0. The minimum atomic E-state index is -1.08. The Morgan fingerprint density at radius 1 is 0.378 bits per heavy atom. The lowest BCUT2D eigenvalue weighted by molar-refractivity contribution is -0.0139. The Hall–Kier alpha value is -3.90. The van der Waals surface area contributed by atoms with Crippen LogP contribution in [0.4, 0.5) is 0 Å². The average Bonchev–Trinajstić information content (AvgIpc) is 3.60. The highest BCUT2D eigenvalue weighted by molar-refractivity contribution is 7.68. The second-order valence-electron chi connectivity index (χ2n) is 11.9.